The summed E-state index contributed by atoms with van der Waals surface area (Å²) in [5, 5.41) is 21.3. The number of alkyl halides is 3. The molecule has 3 aromatic rings. The van der Waals surface area contributed by atoms with E-state index in [9.17, 15) is 18.3 Å². The van der Waals surface area contributed by atoms with Crippen LogP contribution in [-0.2, 0) is 5.41 Å². The summed E-state index contributed by atoms with van der Waals surface area (Å²) in [4.78, 5) is 0. The molecule has 0 radical (unpaired) electrons. The molecular formula is C20H20F3N3O. The maximum Gasteiger partial charge on any atom is 0.419 e. The van der Waals surface area contributed by atoms with Gasteiger partial charge in [0.2, 0.25) is 0 Å². The third-order valence-electron chi connectivity index (χ3n) is 5.47. The summed E-state index contributed by atoms with van der Waals surface area (Å²) < 4.78 is 42.2. The van der Waals surface area contributed by atoms with Gasteiger partial charge in [-0.25, -0.2) is 0 Å². The second kappa shape index (κ2) is 5.73. The highest BCUT2D eigenvalue weighted by atomic mass is 19.4. The lowest BCUT2D eigenvalue weighted by Crippen LogP contribution is -2.58. The molecule has 1 heterocycles. The topological polar surface area (TPSA) is 60.9 Å². The Kier molecular flexibility index (Phi) is 3.79. The lowest BCUT2D eigenvalue weighted by atomic mass is 9.63. The smallest absolute Gasteiger partial charge is 0.379 e. The van der Waals surface area contributed by atoms with E-state index in [0.29, 0.717) is 22.2 Å². The van der Waals surface area contributed by atoms with E-state index in [0.717, 1.165) is 5.56 Å². The lowest BCUT2D eigenvalue weighted by molar-refractivity contribution is -0.275. The van der Waals surface area contributed by atoms with Crippen LogP contribution in [0.5, 0.6) is 0 Å². The van der Waals surface area contributed by atoms with Crippen molar-refractivity contribution in [3.05, 3.63) is 59.8 Å². The second-order valence-electron chi connectivity index (χ2n) is 7.78. The van der Waals surface area contributed by atoms with Crippen LogP contribution in [-0.4, -0.2) is 27.1 Å². The van der Waals surface area contributed by atoms with E-state index in [-0.39, 0.29) is 0 Å². The summed E-state index contributed by atoms with van der Waals surface area (Å²) in [6, 6.07) is 10.9. The lowest BCUT2D eigenvalue weighted by Gasteiger charge is -2.49. The van der Waals surface area contributed by atoms with Gasteiger partial charge in [-0.05, 0) is 35.1 Å². The molecule has 7 heteroatoms. The van der Waals surface area contributed by atoms with Crippen LogP contribution in [0, 0.1) is 0 Å². The van der Waals surface area contributed by atoms with Crippen molar-refractivity contribution in [1.29, 1.82) is 0 Å². The number of fused-ring (bicyclic) bond motifs is 2. The minimum Gasteiger partial charge on any atom is -0.379 e. The van der Waals surface area contributed by atoms with Crippen LogP contribution in [0.1, 0.15) is 37.4 Å². The van der Waals surface area contributed by atoms with Crippen LogP contribution in [0.3, 0.4) is 0 Å². The average molecular weight is 375 g/mol. The number of nitrogens with zero attached hydrogens (tertiary/aromatic N) is 1. The summed E-state index contributed by atoms with van der Waals surface area (Å²) in [7, 11) is 0. The SMILES string of the molecule is CC1(C)CC(O)(C(F)(F)F)C(Nc2cccc3[nH]ncc23)c2ccccc21. The quantitative estimate of drug-likeness (QED) is 0.609. The van der Waals surface area contributed by atoms with E-state index in [2.05, 4.69) is 15.5 Å². The molecule has 0 spiro atoms. The molecule has 3 N–H and O–H groups in total. The Morgan fingerprint density at radius 3 is 2.63 bits per heavy atom. The largest absolute Gasteiger partial charge is 0.419 e. The Hall–Kier alpha value is -2.54. The van der Waals surface area contributed by atoms with Crippen molar-refractivity contribution in [2.75, 3.05) is 5.32 Å². The Morgan fingerprint density at radius 1 is 1.15 bits per heavy atom. The molecule has 142 valence electrons. The molecule has 1 aliphatic carbocycles. The molecule has 0 bridgehead atoms. The number of nitrogens with one attached hydrogen (secondary N) is 2. The first-order valence-corrected chi connectivity index (χ1v) is 8.71. The molecule has 27 heavy (non-hydrogen) atoms. The van der Waals surface area contributed by atoms with Crippen molar-refractivity contribution in [3.8, 4) is 0 Å². The highest BCUT2D eigenvalue weighted by molar-refractivity contribution is 5.91. The first kappa shape index (κ1) is 17.9. The predicted octanol–water partition coefficient (Wildman–Crippen LogP) is 4.69. The zero-order chi connectivity index (χ0) is 19.4. The molecule has 1 aromatic heterocycles. The standard InChI is InChI=1S/C20H20F3N3O/c1-18(2)11-19(27,20(21,22)23)17(12-6-3-4-7-14(12)18)25-15-8-5-9-16-13(15)10-24-26-16/h3-10,17,25,27H,11H2,1-2H3,(H,24,26). The number of aromatic nitrogens is 2. The van der Waals surface area contributed by atoms with Crippen molar-refractivity contribution in [2.24, 2.45) is 0 Å². The number of H-pyrrole nitrogens is 1. The van der Waals surface area contributed by atoms with Gasteiger partial charge in [0.1, 0.15) is 0 Å². The van der Waals surface area contributed by atoms with Gasteiger partial charge in [-0.15, -0.1) is 0 Å². The molecule has 0 amide bonds. The van der Waals surface area contributed by atoms with Crippen LogP contribution in [0.25, 0.3) is 10.9 Å². The molecule has 4 rings (SSSR count). The number of aliphatic hydroxyl groups is 1. The molecule has 0 fully saturated rings. The van der Waals surface area contributed by atoms with Crippen molar-refractivity contribution < 1.29 is 18.3 Å². The predicted molar refractivity (Wildman–Crippen MR) is 97.5 cm³/mol. The van der Waals surface area contributed by atoms with Crippen molar-refractivity contribution >= 4 is 16.6 Å². The Bertz CT molecular complexity index is 995. The Labute approximate surface area is 154 Å². The summed E-state index contributed by atoms with van der Waals surface area (Å²) in [5.74, 6) is 0. The first-order valence-electron chi connectivity index (χ1n) is 8.71. The highest BCUT2D eigenvalue weighted by Gasteiger charge is 2.63. The molecule has 0 aliphatic heterocycles. The minimum absolute atomic E-state index is 0.431. The van der Waals surface area contributed by atoms with Gasteiger partial charge in [-0.1, -0.05) is 44.2 Å². The average Bonchev–Trinajstić information content (AvgIpc) is 3.07. The number of anilines is 1. The van der Waals surface area contributed by atoms with E-state index < -0.39 is 29.7 Å². The van der Waals surface area contributed by atoms with Gasteiger partial charge >= 0.3 is 6.18 Å². The first-order chi connectivity index (χ1) is 12.6. The van der Waals surface area contributed by atoms with Gasteiger partial charge in [0.05, 0.1) is 17.8 Å². The molecule has 1 aliphatic rings. The highest BCUT2D eigenvalue weighted by Crippen LogP contribution is 2.54. The van der Waals surface area contributed by atoms with E-state index in [1.807, 2.05) is 12.1 Å². The monoisotopic (exact) mass is 375 g/mol. The fourth-order valence-corrected chi connectivity index (χ4v) is 4.20. The molecule has 2 aromatic carbocycles. The van der Waals surface area contributed by atoms with E-state index in [1.165, 1.54) is 0 Å². The summed E-state index contributed by atoms with van der Waals surface area (Å²) in [5.41, 5.74) is -1.27. The van der Waals surface area contributed by atoms with Crippen molar-refractivity contribution in [3.63, 3.8) is 0 Å². The van der Waals surface area contributed by atoms with Crippen LogP contribution >= 0.6 is 0 Å². The zero-order valence-electron chi connectivity index (χ0n) is 14.9. The van der Waals surface area contributed by atoms with Gasteiger partial charge < -0.3 is 10.4 Å². The van der Waals surface area contributed by atoms with E-state index in [4.69, 9.17) is 0 Å². The van der Waals surface area contributed by atoms with Crippen molar-refractivity contribution in [1.82, 2.24) is 10.2 Å². The van der Waals surface area contributed by atoms with Gasteiger partial charge in [-0.2, -0.15) is 18.3 Å². The van der Waals surface area contributed by atoms with Crippen LogP contribution in [0.4, 0.5) is 18.9 Å². The maximum absolute atomic E-state index is 14.1. The summed E-state index contributed by atoms with van der Waals surface area (Å²) >= 11 is 0. The van der Waals surface area contributed by atoms with E-state index >= 15 is 0 Å². The van der Waals surface area contributed by atoms with Gasteiger partial charge in [-0.3, -0.25) is 5.10 Å². The van der Waals surface area contributed by atoms with Gasteiger partial charge in [0.15, 0.2) is 5.60 Å². The molecule has 4 nitrogen and oxygen atoms in total. The van der Waals surface area contributed by atoms with Gasteiger partial charge in [0, 0.05) is 11.1 Å². The van der Waals surface area contributed by atoms with Crippen molar-refractivity contribution in [2.45, 2.75) is 43.5 Å². The van der Waals surface area contributed by atoms with Gasteiger partial charge in [0.25, 0.3) is 0 Å². The second-order valence-corrected chi connectivity index (χ2v) is 7.78. The number of rotatable bonds is 2. The normalized spacial score (nSPS) is 24.6. The molecule has 0 saturated heterocycles. The van der Waals surface area contributed by atoms with E-state index in [1.54, 1.807) is 50.4 Å². The fraction of sp³-hybridized carbons (Fsp3) is 0.350. The van der Waals surface area contributed by atoms with Crippen LogP contribution in [0.2, 0.25) is 0 Å². The number of aromatic amines is 1. The third-order valence-corrected chi connectivity index (χ3v) is 5.47. The number of halogens is 3. The fourth-order valence-electron chi connectivity index (χ4n) is 4.20. The number of hydrogen-bond donors (Lipinski definition) is 3. The third kappa shape index (κ3) is 2.68. The molecule has 2 unspecified atom stereocenters. The zero-order valence-corrected chi connectivity index (χ0v) is 14.9. The number of hydrogen-bond acceptors (Lipinski definition) is 3. The minimum atomic E-state index is -4.79. The number of benzene rings is 2. The molecule has 0 saturated carbocycles. The van der Waals surface area contributed by atoms with Crippen LogP contribution in [0.15, 0.2) is 48.7 Å². The summed E-state index contributed by atoms with van der Waals surface area (Å²) in [6.45, 7) is 3.46. The van der Waals surface area contributed by atoms with Crippen LogP contribution < -0.4 is 5.32 Å². The molecule has 2 atom stereocenters. The molecular weight excluding hydrogens is 355 g/mol. The summed E-state index contributed by atoms with van der Waals surface area (Å²) in [6.07, 6.45) is -3.66. The Morgan fingerprint density at radius 2 is 1.89 bits per heavy atom. The Balaban J connectivity index is 1.90. The maximum atomic E-state index is 14.1.